The van der Waals surface area contributed by atoms with Gasteiger partial charge in [-0.3, -0.25) is 9.78 Å². The number of aromatic amines is 1. The van der Waals surface area contributed by atoms with Crippen LogP contribution in [0.1, 0.15) is 47.1 Å². The Morgan fingerprint density at radius 3 is 2.53 bits per heavy atom. The average Bonchev–Trinajstić information content (AvgIpc) is 3.48. The molecule has 0 radical (unpaired) electrons. The largest absolute Gasteiger partial charge is 0.341 e. The van der Waals surface area contributed by atoms with Crippen LogP contribution in [0.15, 0.2) is 35.4 Å². The third kappa shape index (κ3) is 3.52. The molecule has 1 fully saturated rings. The summed E-state index contributed by atoms with van der Waals surface area (Å²) in [5, 5.41) is 0. The molecule has 1 aliphatic carbocycles. The SMILES string of the molecule is Cc1nc(-c2cc(-c3cc4c(c(S(C)(=O)=O)c3)C(=O)N([C@@H](C)C3CC3)C4)ccn2)[nH]c1C. The summed E-state index contributed by atoms with van der Waals surface area (Å²) in [5.74, 6) is 1.01. The number of H-pyrrole nitrogens is 1. The average molecular weight is 451 g/mol. The molecule has 1 aliphatic heterocycles. The molecule has 5 rings (SSSR count). The quantitative estimate of drug-likeness (QED) is 0.636. The molecule has 0 bridgehead atoms. The van der Waals surface area contributed by atoms with Crippen molar-refractivity contribution >= 4 is 15.7 Å². The minimum absolute atomic E-state index is 0.101. The van der Waals surface area contributed by atoms with Gasteiger partial charge in [-0.05, 0) is 80.5 Å². The molecule has 7 nitrogen and oxygen atoms in total. The zero-order valence-corrected chi connectivity index (χ0v) is 19.5. The molecule has 1 saturated carbocycles. The van der Waals surface area contributed by atoms with Crippen molar-refractivity contribution in [1.29, 1.82) is 0 Å². The molecule has 1 amide bonds. The second-order valence-corrected chi connectivity index (χ2v) is 11.0. The molecule has 0 saturated heterocycles. The molecule has 8 heteroatoms. The van der Waals surface area contributed by atoms with E-state index in [0.29, 0.717) is 29.5 Å². The normalized spacial score (nSPS) is 17.0. The van der Waals surface area contributed by atoms with Crippen molar-refractivity contribution < 1.29 is 13.2 Å². The second-order valence-electron chi connectivity index (χ2n) is 9.02. The molecular formula is C24H26N4O3S. The number of hydrogen-bond donors (Lipinski definition) is 1. The van der Waals surface area contributed by atoms with Gasteiger partial charge in [-0.2, -0.15) is 0 Å². The maximum absolute atomic E-state index is 13.2. The van der Waals surface area contributed by atoms with Gasteiger partial charge in [0, 0.05) is 30.7 Å². The van der Waals surface area contributed by atoms with Gasteiger partial charge in [0.2, 0.25) is 0 Å². The number of aromatic nitrogens is 3. The predicted octanol–water partition coefficient (Wildman–Crippen LogP) is 3.91. The van der Waals surface area contributed by atoms with E-state index >= 15 is 0 Å². The minimum atomic E-state index is -3.59. The van der Waals surface area contributed by atoms with E-state index in [9.17, 15) is 13.2 Å². The van der Waals surface area contributed by atoms with E-state index in [1.165, 1.54) is 6.26 Å². The van der Waals surface area contributed by atoms with Gasteiger partial charge >= 0.3 is 0 Å². The molecule has 1 N–H and O–H groups in total. The van der Waals surface area contributed by atoms with Crippen molar-refractivity contribution in [2.75, 3.05) is 6.26 Å². The number of carbonyl (C=O) groups excluding carboxylic acids is 1. The standard InChI is InChI=1S/C24H26N4O3S/c1-13-14(2)27-23(26-13)20-10-17(7-8-25-20)18-9-19-12-28(15(3)16-5-6-16)24(29)22(19)21(11-18)32(4,30)31/h7-11,15-16H,5-6,12H2,1-4H3,(H,26,27)/t15-/m0/s1. The molecule has 1 aromatic carbocycles. The maximum Gasteiger partial charge on any atom is 0.256 e. The highest BCUT2D eigenvalue weighted by molar-refractivity contribution is 7.90. The lowest BCUT2D eigenvalue weighted by Crippen LogP contribution is -2.35. The summed E-state index contributed by atoms with van der Waals surface area (Å²) >= 11 is 0. The van der Waals surface area contributed by atoms with Gasteiger partial charge in [0.15, 0.2) is 15.7 Å². The summed E-state index contributed by atoms with van der Waals surface area (Å²) in [6.45, 7) is 6.39. The van der Waals surface area contributed by atoms with Gasteiger partial charge in [0.05, 0.1) is 16.2 Å². The van der Waals surface area contributed by atoms with Crippen molar-refractivity contribution in [2.45, 2.75) is 51.1 Å². The zero-order chi connectivity index (χ0) is 22.8. The number of pyridine rings is 1. The Morgan fingerprint density at radius 2 is 1.91 bits per heavy atom. The number of aryl methyl sites for hydroxylation is 2. The Morgan fingerprint density at radius 1 is 1.16 bits per heavy atom. The van der Waals surface area contributed by atoms with Crippen LogP contribution < -0.4 is 0 Å². The highest BCUT2D eigenvalue weighted by Crippen LogP contribution is 2.41. The summed E-state index contributed by atoms with van der Waals surface area (Å²) in [5.41, 5.74) is 5.25. The molecular weight excluding hydrogens is 424 g/mol. The lowest BCUT2D eigenvalue weighted by atomic mass is 10.0. The first kappa shape index (κ1) is 20.9. The molecule has 2 aromatic heterocycles. The number of sulfone groups is 1. The smallest absolute Gasteiger partial charge is 0.256 e. The van der Waals surface area contributed by atoms with Gasteiger partial charge in [-0.1, -0.05) is 0 Å². The first-order valence-corrected chi connectivity index (χ1v) is 12.7. The highest BCUT2D eigenvalue weighted by Gasteiger charge is 2.40. The van der Waals surface area contributed by atoms with Crippen LogP contribution in [-0.2, 0) is 16.4 Å². The Hall–Kier alpha value is -3.00. The monoisotopic (exact) mass is 450 g/mol. The molecule has 0 spiro atoms. The fraction of sp³-hybridized carbons (Fsp3) is 0.375. The molecule has 0 unspecified atom stereocenters. The Bertz CT molecular complexity index is 1340. The van der Waals surface area contributed by atoms with Crippen LogP contribution in [0.5, 0.6) is 0 Å². The Labute approximate surface area is 187 Å². The second kappa shape index (κ2) is 7.27. The van der Waals surface area contributed by atoms with Crippen LogP contribution in [0.3, 0.4) is 0 Å². The fourth-order valence-corrected chi connectivity index (χ4v) is 5.40. The van der Waals surface area contributed by atoms with E-state index in [1.54, 1.807) is 12.3 Å². The van der Waals surface area contributed by atoms with E-state index in [1.807, 2.05) is 36.9 Å². The van der Waals surface area contributed by atoms with E-state index in [-0.39, 0.29) is 16.8 Å². The minimum Gasteiger partial charge on any atom is -0.341 e. The molecule has 3 heterocycles. The summed E-state index contributed by atoms with van der Waals surface area (Å²) in [6, 6.07) is 7.42. The molecule has 2 aliphatic rings. The maximum atomic E-state index is 13.2. The summed E-state index contributed by atoms with van der Waals surface area (Å²) in [6.07, 6.45) is 5.10. The van der Waals surface area contributed by atoms with Gasteiger partial charge in [0.1, 0.15) is 5.69 Å². The van der Waals surface area contributed by atoms with E-state index < -0.39 is 9.84 Å². The number of amides is 1. The third-order valence-corrected chi connectivity index (χ3v) is 7.78. The number of carbonyl (C=O) groups is 1. The van der Waals surface area contributed by atoms with Crippen LogP contribution in [0.2, 0.25) is 0 Å². The number of benzene rings is 1. The Balaban J connectivity index is 1.61. The van der Waals surface area contributed by atoms with Crippen molar-refractivity contribution in [3.05, 3.63) is 53.0 Å². The van der Waals surface area contributed by atoms with E-state index in [2.05, 4.69) is 21.9 Å². The van der Waals surface area contributed by atoms with E-state index in [4.69, 9.17) is 0 Å². The van der Waals surface area contributed by atoms with E-state index in [0.717, 1.165) is 40.9 Å². The lowest BCUT2D eigenvalue weighted by Gasteiger charge is -2.24. The number of fused-ring (bicyclic) bond motifs is 1. The van der Waals surface area contributed by atoms with Gasteiger partial charge in [-0.15, -0.1) is 0 Å². The van der Waals surface area contributed by atoms with Crippen molar-refractivity contribution in [2.24, 2.45) is 5.92 Å². The van der Waals surface area contributed by atoms with Crippen LogP contribution in [-0.4, -0.2) is 46.5 Å². The number of rotatable bonds is 5. The lowest BCUT2D eigenvalue weighted by molar-refractivity contribution is 0.0694. The van der Waals surface area contributed by atoms with Crippen molar-refractivity contribution in [3.8, 4) is 22.6 Å². The Kier molecular flexibility index (Phi) is 4.74. The van der Waals surface area contributed by atoms with Crippen LogP contribution in [0.25, 0.3) is 22.6 Å². The first-order chi connectivity index (χ1) is 15.1. The predicted molar refractivity (Wildman–Crippen MR) is 122 cm³/mol. The summed E-state index contributed by atoms with van der Waals surface area (Å²) in [7, 11) is -3.59. The van der Waals surface area contributed by atoms with Crippen LogP contribution in [0, 0.1) is 19.8 Å². The van der Waals surface area contributed by atoms with Crippen LogP contribution >= 0.6 is 0 Å². The number of imidazole rings is 1. The molecule has 166 valence electrons. The van der Waals surface area contributed by atoms with Gasteiger partial charge in [-0.25, -0.2) is 13.4 Å². The highest BCUT2D eigenvalue weighted by atomic mass is 32.2. The van der Waals surface area contributed by atoms with Gasteiger partial charge in [0.25, 0.3) is 5.91 Å². The number of nitrogens with zero attached hydrogens (tertiary/aromatic N) is 3. The molecule has 1 atom stereocenters. The van der Waals surface area contributed by atoms with Crippen molar-refractivity contribution in [3.63, 3.8) is 0 Å². The topological polar surface area (TPSA) is 96.0 Å². The number of nitrogens with one attached hydrogen (secondary N) is 1. The zero-order valence-electron chi connectivity index (χ0n) is 18.6. The van der Waals surface area contributed by atoms with Gasteiger partial charge < -0.3 is 9.88 Å². The summed E-state index contributed by atoms with van der Waals surface area (Å²) in [4.78, 5) is 27.3. The van der Waals surface area contributed by atoms with Crippen molar-refractivity contribution in [1.82, 2.24) is 19.9 Å². The first-order valence-electron chi connectivity index (χ1n) is 10.8. The summed E-state index contributed by atoms with van der Waals surface area (Å²) < 4.78 is 25.3. The van der Waals surface area contributed by atoms with Crippen LogP contribution in [0.4, 0.5) is 0 Å². The molecule has 3 aromatic rings. The number of hydrogen-bond acceptors (Lipinski definition) is 5. The molecule has 32 heavy (non-hydrogen) atoms. The third-order valence-electron chi connectivity index (χ3n) is 6.66. The fourth-order valence-electron chi connectivity index (χ4n) is 4.47.